The molecule has 68 valence electrons. The summed E-state index contributed by atoms with van der Waals surface area (Å²) in [6, 6.07) is 0. The second-order valence-corrected chi connectivity index (χ2v) is 4.53. The maximum atomic E-state index is 5.68. The van der Waals surface area contributed by atoms with Gasteiger partial charge in [0.25, 0.3) is 0 Å². The Labute approximate surface area is 82.3 Å². The zero-order chi connectivity index (χ0) is 8.97. The van der Waals surface area contributed by atoms with Gasteiger partial charge in [0.2, 0.25) is 0 Å². The standard InChI is InChI=1S/C8H13ClN2S/c1-7(3-9)12-6-8-4-10-11(2)5-8/h4-5,7H,3,6H2,1-2H3. The number of thioether (sulfide) groups is 1. The topological polar surface area (TPSA) is 17.8 Å². The molecular formula is C8H13ClN2S. The Morgan fingerprint density at radius 3 is 3.00 bits per heavy atom. The molecule has 0 aromatic carbocycles. The van der Waals surface area contributed by atoms with E-state index in [1.165, 1.54) is 5.56 Å². The fourth-order valence-corrected chi connectivity index (χ4v) is 1.81. The van der Waals surface area contributed by atoms with E-state index in [0.29, 0.717) is 11.1 Å². The van der Waals surface area contributed by atoms with Gasteiger partial charge in [0.1, 0.15) is 0 Å². The normalized spacial score (nSPS) is 13.2. The van der Waals surface area contributed by atoms with Crippen molar-refractivity contribution in [3.8, 4) is 0 Å². The quantitative estimate of drug-likeness (QED) is 0.701. The number of nitrogens with zero attached hydrogens (tertiary/aromatic N) is 2. The molecule has 1 unspecified atom stereocenters. The lowest BCUT2D eigenvalue weighted by Crippen LogP contribution is -1.97. The summed E-state index contributed by atoms with van der Waals surface area (Å²) in [4.78, 5) is 0. The highest BCUT2D eigenvalue weighted by Crippen LogP contribution is 2.17. The minimum absolute atomic E-state index is 0.520. The molecule has 0 aliphatic heterocycles. The molecule has 1 aromatic heterocycles. The average molecular weight is 205 g/mol. The molecule has 1 heterocycles. The lowest BCUT2D eigenvalue weighted by molar-refractivity contribution is 0.767. The summed E-state index contributed by atoms with van der Waals surface area (Å²) in [5.41, 5.74) is 1.26. The predicted octanol–water partition coefficient (Wildman–Crippen LogP) is 2.28. The van der Waals surface area contributed by atoms with Crippen LogP contribution in [0.2, 0.25) is 0 Å². The smallest absolute Gasteiger partial charge is 0.0530 e. The molecule has 0 amide bonds. The van der Waals surface area contributed by atoms with Gasteiger partial charge in [0.05, 0.1) is 6.20 Å². The van der Waals surface area contributed by atoms with Crippen LogP contribution in [0.3, 0.4) is 0 Å². The van der Waals surface area contributed by atoms with Gasteiger partial charge in [-0.05, 0) is 5.56 Å². The van der Waals surface area contributed by atoms with Gasteiger partial charge in [-0.25, -0.2) is 0 Å². The Morgan fingerprint density at radius 1 is 1.75 bits per heavy atom. The Hall–Kier alpha value is -0.150. The van der Waals surface area contributed by atoms with Crippen LogP contribution in [0.5, 0.6) is 0 Å². The van der Waals surface area contributed by atoms with E-state index in [-0.39, 0.29) is 0 Å². The molecule has 0 N–H and O–H groups in total. The molecule has 1 rings (SSSR count). The second-order valence-electron chi connectivity index (χ2n) is 2.80. The van der Waals surface area contributed by atoms with Crippen molar-refractivity contribution >= 4 is 23.4 Å². The van der Waals surface area contributed by atoms with Crippen molar-refractivity contribution in [2.75, 3.05) is 5.88 Å². The number of alkyl halides is 1. The van der Waals surface area contributed by atoms with Crippen LogP contribution in [0, 0.1) is 0 Å². The van der Waals surface area contributed by atoms with Crippen molar-refractivity contribution in [1.29, 1.82) is 0 Å². The van der Waals surface area contributed by atoms with Crippen LogP contribution in [0.1, 0.15) is 12.5 Å². The number of aromatic nitrogens is 2. The van der Waals surface area contributed by atoms with Crippen LogP contribution >= 0.6 is 23.4 Å². The van der Waals surface area contributed by atoms with E-state index in [0.717, 1.165) is 5.75 Å². The maximum Gasteiger partial charge on any atom is 0.0530 e. The summed E-state index contributed by atoms with van der Waals surface area (Å²) in [5, 5.41) is 4.61. The van der Waals surface area contributed by atoms with E-state index < -0.39 is 0 Å². The van der Waals surface area contributed by atoms with Gasteiger partial charge in [-0.2, -0.15) is 16.9 Å². The van der Waals surface area contributed by atoms with Crippen molar-refractivity contribution in [3.05, 3.63) is 18.0 Å². The van der Waals surface area contributed by atoms with Crippen LogP contribution in [0.15, 0.2) is 12.4 Å². The molecule has 0 fully saturated rings. The molecule has 12 heavy (non-hydrogen) atoms. The van der Waals surface area contributed by atoms with Gasteiger partial charge < -0.3 is 0 Å². The van der Waals surface area contributed by atoms with Crippen LogP contribution in [-0.2, 0) is 12.8 Å². The first-order valence-corrected chi connectivity index (χ1v) is 5.46. The molecule has 1 aromatic rings. The highest BCUT2D eigenvalue weighted by Gasteiger charge is 2.01. The summed E-state index contributed by atoms with van der Waals surface area (Å²) < 4.78 is 1.82. The van der Waals surface area contributed by atoms with Crippen molar-refractivity contribution in [1.82, 2.24) is 9.78 Å². The van der Waals surface area contributed by atoms with Crippen molar-refractivity contribution in [2.45, 2.75) is 17.9 Å². The number of rotatable bonds is 4. The molecule has 1 atom stereocenters. The summed E-state index contributed by atoms with van der Waals surface area (Å²) in [7, 11) is 1.93. The number of hydrogen-bond acceptors (Lipinski definition) is 2. The molecule has 0 radical (unpaired) electrons. The first-order valence-electron chi connectivity index (χ1n) is 3.87. The fraction of sp³-hybridized carbons (Fsp3) is 0.625. The highest BCUT2D eigenvalue weighted by atomic mass is 35.5. The lowest BCUT2D eigenvalue weighted by atomic mass is 10.4. The van der Waals surface area contributed by atoms with Gasteiger partial charge in [0, 0.05) is 30.1 Å². The zero-order valence-corrected chi connectivity index (χ0v) is 8.90. The Bertz CT molecular complexity index is 237. The van der Waals surface area contributed by atoms with Gasteiger partial charge in [-0.3, -0.25) is 4.68 Å². The SMILES string of the molecule is CC(CCl)SCc1cnn(C)c1. The monoisotopic (exact) mass is 204 g/mol. The van der Waals surface area contributed by atoms with Crippen LogP contribution < -0.4 is 0 Å². The maximum absolute atomic E-state index is 5.68. The van der Waals surface area contributed by atoms with E-state index in [1.54, 1.807) is 0 Å². The number of halogens is 1. The van der Waals surface area contributed by atoms with Gasteiger partial charge in [-0.1, -0.05) is 6.92 Å². The Kier molecular flexibility index (Phi) is 3.95. The Balaban J connectivity index is 2.33. The molecule has 4 heteroatoms. The predicted molar refractivity (Wildman–Crippen MR) is 54.7 cm³/mol. The molecule has 0 saturated heterocycles. The van der Waals surface area contributed by atoms with E-state index >= 15 is 0 Å². The van der Waals surface area contributed by atoms with Gasteiger partial charge in [0.15, 0.2) is 0 Å². The summed E-state index contributed by atoms with van der Waals surface area (Å²) in [6.45, 7) is 2.13. The minimum Gasteiger partial charge on any atom is -0.276 e. The van der Waals surface area contributed by atoms with Crippen LogP contribution in [-0.4, -0.2) is 20.9 Å². The first-order chi connectivity index (χ1) is 5.72. The molecular weight excluding hydrogens is 192 g/mol. The average Bonchev–Trinajstić information content (AvgIpc) is 2.47. The van der Waals surface area contributed by atoms with E-state index in [4.69, 9.17) is 11.6 Å². The summed E-state index contributed by atoms with van der Waals surface area (Å²) in [5.74, 6) is 1.71. The largest absolute Gasteiger partial charge is 0.276 e. The van der Waals surface area contributed by atoms with Crippen LogP contribution in [0.4, 0.5) is 0 Å². The zero-order valence-electron chi connectivity index (χ0n) is 7.33. The van der Waals surface area contributed by atoms with Crippen molar-refractivity contribution < 1.29 is 0 Å². The van der Waals surface area contributed by atoms with Crippen molar-refractivity contribution in [2.24, 2.45) is 7.05 Å². The van der Waals surface area contributed by atoms with Gasteiger partial charge in [-0.15, -0.1) is 11.6 Å². The van der Waals surface area contributed by atoms with Crippen molar-refractivity contribution in [3.63, 3.8) is 0 Å². The van der Waals surface area contributed by atoms with Gasteiger partial charge >= 0.3 is 0 Å². The number of hydrogen-bond donors (Lipinski definition) is 0. The fourth-order valence-electron chi connectivity index (χ4n) is 0.829. The molecule has 2 nitrogen and oxygen atoms in total. The van der Waals surface area contributed by atoms with Crippen LogP contribution in [0.25, 0.3) is 0 Å². The molecule has 0 bridgehead atoms. The molecule has 0 aliphatic carbocycles. The molecule has 0 saturated carbocycles. The number of aryl methyl sites for hydroxylation is 1. The third kappa shape index (κ3) is 3.07. The lowest BCUT2D eigenvalue weighted by Gasteiger charge is -2.04. The van der Waals surface area contributed by atoms with E-state index in [2.05, 4.69) is 12.0 Å². The summed E-state index contributed by atoms with van der Waals surface area (Å²) in [6.07, 6.45) is 3.93. The Morgan fingerprint density at radius 2 is 2.50 bits per heavy atom. The summed E-state index contributed by atoms with van der Waals surface area (Å²) >= 11 is 7.54. The minimum atomic E-state index is 0.520. The van der Waals surface area contributed by atoms with E-state index in [1.807, 2.05) is 35.9 Å². The third-order valence-corrected chi connectivity index (χ3v) is 3.39. The van der Waals surface area contributed by atoms with E-state index in [9.17, 15) is 0 Å². The first kappa shape index (κ1) is 9.93. The molecule has 0 aliphatic rings. The molecule has 0 spiro atoms. The highest BCUT2D eigenvalue weighted by molar-refractivity contribution is 7.99. The third-order valence-electron chi connectivity index (χ3n) is 1.51. The second kappa shape index (κ2) is 4.77.